The molecule has 0 fully saturated rings. The number of hydrogen-bond donors (Lipinski definition) is 1. The summed E-state index contributed by atoms with van der Waals surface area (Å²) in [6.07, 6.45) is 3.52. The van der Waals surface area contributed by atoms with Crippen molar-refractivity contribution >= 4 is 22.1 Å². The number of nitrogens with zero attached hydrogens (tertiary/aromatic N) is 3. The highest BCUT2D eigenvalue weighted by atomic mass is 19.2. The maximum atomic E-state index is 14.2. The molecule has 1 N–H and O–H groups in total. The lowest BCUT2D eigenvalue weighted by Gasteiger charge is -2.16. The zero-order chi connectivity index (χ0) is 19.8. The Bertz CT molecular complexity index is 1220. The third-order valence-electron chi connectivity index (χ3n) is 5.21. The largest absolute Gasteiger partial charge is 0.319 e. The second-order valence-electron chi connectivity index (χ2n) is 6.86. The van der Waals surface area contributed by atoms with Crippen LogP contribution in [0.3, 0.4) is 0 Å². The fourth-order valence-electron chi connectivity index (χ4n) is 3.73. The summed E-state index contributed by atoms with van der Waals surface area (Å²) in [6.45, 7) is 4.50. The summed E-state index contributed by atoms with van der Waals surface area (Å²) in [6, 6.07) is 7.71. The number of fused-ring (bicyclic) bond motifs is 2. The van der Waals surface area contributed by atoms with Crippen molar-refractivity contribution < 1.29 is 8.78 Å². The van der Waals surface area contributed by atoms with E-state index in [2.05, 4.69) is 23.8 Å². The molecule has 0 amide bonds. The minimum absolute atomic E-state index is 0.121. The lowest BCUT2D eigenvalue weighted by molar-refractivity contribution is 0.515. The van der Waals surface area contributed by atoms with Crippen LogP contribution >= 0.6 is 0 Å². The zero-order valence-electron chi connectivity index (χ0n) is 15.7. The first kappa shape index (κ1) is 18.3. The van der Waals surface area contributed by atoms with E-state index in [0.717, 1.165) is 30.2 Å². The number of imidazole rings is 1. The van der Waals surface area contributed by atoms with Crippen molar-refractivity contribution in [3.63, 3.8) is 0 Å². The smallest absolute Gasteiger partial charge is 0.248 e. The van der Waals surface area contributed by atoms with Crippen LogP contribution in [0, 0.1) is 11.6 Å². The van der Waals surface area contributed by atoms with Crippen LogP contribution in [0.5, 0.6) is 0 Å². The van der Waals surface area contributed by atoms with E-state index in [-0.39, 0.29) is 11.4 Å². The van der Waals surface area contributed by atoms with E-state index in [1.807, 2.05) is 16.7 Å². The Kier molecular flexibility index (Phi) is 4.66. The second-order valence-corrected chi connectivity index (χ2v) is 6.86. The number of H-pyrrole nitrogens is 1. The summed E-state index contributed by atoms with van der Waals surface area (Å²) < 4.78 is 29.8. The Morgan fingerprint density at radius 2 is 1.96 bits per heavy atom. The molecule has 7 heteroatoms. The third-order valence-corrected chi connectivity index (χ3v) is 5.21. The van der Waals surface area contributed by atoms with Crippen LogP contribution in [0.15, 0.2) is 41.3 Å². The van der Waals surface area contributed by atoms with Gasteiger partial charge in [-0.25, -0.2) is 18.7 Å². The Hall–Kier alpha value is -3.09. The van der Waals surface area contributed by atoms with E-state index in [9.17, 15) is 13.6 Å². The number of pyridine rings is 2. The average molecular weight is 382 g/mol. The molecule has 4 aromatic rings. The lowest BCUT2D eigenvalue weighted by Crippen LogP contribution is -2.14. The topological polar surface area (TPSA) is 63.6 Å². The van der Waals surface area contributed by atoms with Crippen molar-refractivity contribution in [2.45, 2.75) is 39.2 Å². The molecule has 3 heterocycles. The number of rotatable bonds is 5. The molecule has 4 rings (SSSR count). The van der Waals surface area contributed by atoms with Crippen molar-refractivity contribution in [1.82, 2.24) is 19.5 Å². The molecule has 3 aromatic heterocycles. The van der Waals surface area contributed by atoms with Crippen LogP contribution in [-0.2, 0) is 6.54 Å². The molecule has 5 nitrogen and oxygen atoms in total. The molecule has 0 aliphatic carbocycles. The van der Waals surface area contributed by atoms with Crippen molar-refractivity contribution in [1.29, 1.82) is 0 Å². The molecular weight excluding hydrogens is 362 g/mol. The van der Waals surface area contributed by atoms with Crippen molar-refractivity contribution in [3.8, 4) is 0 Å². The van der Waals surface area contributed by atoms with Gasteiger partial charge in [0, 0.05) is 23.6 Å². The molecule has 0 saturated heterocycles. The molecular formula is C21H20F2N4O. The van der Waals surface area contributed by atoms with E-state index < -0.39 is 17.2 Å². The first-order valence-electron chi connectivity index (χ1n) is 9.34. The van der Waals surface area contributed by atoms with Crippen LogP contribution in [0.25, 0.3) is 22.1 Å². The number of halogens is 2. The minimum atomic E-state index is -1.05. The predicted octanol–water partition coefficient (Wildman–Crippen LogP) is 4.50. The van der Waals surface area contributed by atoms with Gasteiger partial charge in [0.15, 0.2) is 17.3 Å². The summed E-state index contributed by atoms with van der Waals surface area (Å²) in [5, 5.41) is 0.465. The number of aromatic nitrogens is 4. The number of nitrogens with one attached hydrogen (secondary N) is 1. The first-order chi connectivity index (χ1) is 13.5. The molecule has 0 radical (unpaired) electrons. The number of benzene rings is 1. The van der Waals surface area contributed by atoms with Gasteiger partial charge in [-0.15, -0.1) is 0 Å². The summed E-state index contributed by atoms with van der Waals surface area (Å²) in [5.74, 6) is -0.926. The molecule has 0 spiro atoms. The van der Waals surface area contributed by atoms with Crippen molar-refractivity contribution in [2.75, 3.05) is 0 Å². The van der Waals surface area contributed by atoms with Crippen molar-refractivity contribution in [3.05, 3.63) is 69.9 Å². The van der Waals surface area contributed by atoms with Crippen LogP contribution in [-0.4, -0.2) is 19.5 Å². The van der Waals surface area contributed by atoms with Gasteiger partial charge in [-0.3, -0.25) is 4.79 Å². The van der Waals surface area contributed by atoms with E-state index in [4.69, 9.17) is 4.98 Å². The lowest BCUT2D eigenvalue weighted by atomic mass is 10.0. The zero-order valence-corrected chi connectivity index (χ0v) is 15.7. The molecule has 0 aliphatic heterocycles. The molecule has 0 aliphatic rings. The van der Waals surface area contributed by atoms with Crippen LogP contribution < -0.4 is 5.56 Å². The van der Waals surface area contributed by atoms with Gasteiger partial charge >= 0.3 is 0 Å². The standard InChI is InChI=1S/C21H20F2N4O/c1-3-12(4-2)20-25-16-6-5-9-24-21(16)27(20)11-13-10-17(28)26-19-14(13)7-8-15(22)18(19)23/h5-10,12H,3-4,11H2,1-2H3,(H,26,28). The molecule has 0 saturated carbocycles. The Balaban J connectivity index is 1.95. The maximum absolute atomic E-state index is 14.2. The van der Waals surface area contributed by atoms with Gasteiger partial charge in [0.1, 0.15) is 11.3 Å². The van der Waals surface area contributed by atoms with Gasteiger partial charge in [-0.1, -0.05) is 13.8 Å². The fraction of sp³-hybridized carbons (Fsp3) is 0.286. The number of aromatic amines is 1. The summed E-state index contributed by atoms with van der Waals surface area (Å²) in [4.78, 5) is 23.7. The van der Waals surface area contributed by atoms with Crippen molar-refractivity contribution in [2.24, 2.45) is 0 Å². The average Bonchev–Trinajstić information content (AvgIpc) is 3.04. The Morgan fingerprint density at radius 3 is 2.71 bits per heavy atom. The molecule has 144 valence electrons. The molecule has 0 unspecified atom stereocenters. The van der Waals surface area contributed by atoms with Gasteiger partial charge in [-0.05, 0) is 42.7 Å². The summed E-state index contributed by atoms with van der Waals surface area (Å²) in [7, 11) is 0. The van der Waals surface area contributed by atoms with Gasteiger partial charge < -0.3 is 9.55 Å². The van der Waals surface area contributed by atoms with Gasteiger partial charge in [0.05, 0.1) is 12.1 Å². The van der Waals surface area contributed by atoms with Gasteiger partial charge in [0.25, 0.3) is 0 Å². The highest BCUT2D eigenvalue weighted by Gasteiger charge is 2.20. The van der Waals surface area contributed by atoms with E-state index in [0.29, 0.717) is 23.1 Å². The molecule has 28 heavy (non-hydrogen) atoms. The SMILES string of the molecule is CCC(CC)c1nc2cccnc2n1Cc1cc(=O)[nH]c2c(F)c(F)ccc12. The minimum Gasteiger partial charge on any atom is -0.319 e. The van der Waals surface area contributed by atoms with E-state index >= 15 is 0 Å². The maximum Gasteiger partial charge on any atom is 0.248 e. The molecule has 0 bridgehead atoms. The molecule has 0 atom stereocenters. The van der Waals surface area contributed by atoms with Crippen LogP contribution in [0.1, 0.15) is 44.0 Å². The van der Waals surface area contributed by atoms with E-state index in [1.54, 1.807) is 6.20 Å². The van der Waals surface area contributed by atoms with Crippen LogP contribution in [0.4, 0.5) is 8.78 Å². The van der Waals surface area contributed by atoms with Gasteiger partial charge in [-0.2, -0.15) is 0 Å². The van der Waals surface area contributed by atoms with Gasteiger partial charge in [0.2, 0.25) is 5.56 Å². The fourth-order valence-corrected chi connectivity index (χ4v) is 3.73. The summed E-state index contributed by atoms with van der Waals surface area (Å²) in [5.41, 5.74) is 1.48. The Morgan fingerprint density at radius 1 is 1.18 bits per heavy atom. The third kappa shape index (κ3) is 2.96. The monoisotopic (exact) mass is 382 g/mol. The Labute approximate surface area is 160 Å². The summed E-state index contributed by atoms with van der Waals surface area (Å²) >= 11 is 0. The first-order valence-corrected chi connectivity index (χ1v) is 9.34. The molecule has 1 aromatic carbocycles. The highest BCUT2D eigenvalue weighted by Crippen LogP contribution is 2.28. The van der Waals surface area contributed by atoms with Crippen LogP contribution in [0.2, 0.25) is 0 Å². The highest BCUT2D eigenvalue weighted by molar-refractivity contribution is 5.83. The number of hydrogen-bond acceptors (Lipinski definition) is 3. The predicted molar refractivity (Wildman–Crippen MR) is 104 cm³/mol. The quantitative estimate of drug-likeness (QED) is 0.553. The van der Waals surface area contributed by atoms with E-state index in [1.165, 1.54) is 12.1 Å². The normalized spacial score (nSPS) is 11.8. The second kappa shape index (κ2) is 7.14.